The molecule has 0 amide bonds. The molecule has 0 bridgehead atoms. The monoisotopic (exact) mass is 163 g/mol. The molecule has 1 aliphatic rings. The predicted octanol–water partition coefficient (Wildman–Crippen LogP) is 1.46. The van der Waals surface area contributed by atoms with E-state index in [1.54, 1.807) is 0 Å². The van der Waals surface area contributed by atoms with E-state index in [2.05, 4.69) is 4.99 Å². The van der Waals surface area contributed by atoms with Gasteiger partial charge in [0.15, 0.2) is 0 Å². The Morgan fingerprint density at radius 2 is 2.42 bits per heavy atom. The number of carbonyl (C=O) groups excluding carboxylic acids is 1. The molecule has 0 fully saturated rings. The van der Waals surface area contributed by atoms with Crippen LogP contribution in [0, 0.1) is 0 Å². The summed E-state index contributed by atoms with van der Waals surface area (Å²) >= 11 is 0. The van der Waals surface area contributed by atoms with Crippen LogP contribution >= 0.6 is 0 Å². The first-order chi connectivity index (χ1) is 5.72. The summed E-state index contributed by atoms with van der Waals surface area (Å²) in [4.78, 5) is 15.3. The summed E-state index contributed by atoms with van der Waals surface area (Å²) in [5.74, 6) is 0.341. The fourth-order valence-electron chi connectivity index (χ4n) is 1.35. The second-order valence-corrected chi connectivity index (χ2v) is 3.29. The lowest BCUT2D eigenvalue weighted by atomic mass is 9.66. The number of rotatable bonds is 4. The number of nitrogens with zero attached hydrogens (tertiary/aromatic N) is 1. The van der Waals surface area contributed by atoms with Crippen LogP contribution in [0.2, 0.25) is 0 Å². The molecule has 1 heterocycles. The van der Waals surface area contributed by atoms with E-state index in [1.165, 1.54) is 5.47 Å². The van der Waals surface area contributed by atoms with Gasteiger partial charge in [0, 0.05) is 19.0 Å². The summed E-state index contributed by atoms with van der Waals surface area (Å²) < 4.78 is 0. The van der Waals surface area contributed by atoms with Crippen molar-refractivity contribution < 1.29 is 4.79 Å². The summed E-state index contributed by atoms with van der Waals surface area (Å²) in [6.45, 7) is 4.02. The molecule has 0 saturated carbocycles. The summed E-state index contributed by atoms with van der Waals surface area (Å²) in [5.41, 5.74) is 2.29. The average molecular weight is 163 g/mol. The van der Waals surface area contributed by atoms with Crippen LogP contribution in [0.3, 0.4) is 0 Å². The molecule has 1 rings (SSSR count). The van der Waals surface area contributed by atoms with Gasteiger partial charge in [-0.25, -0.2) is 0 Å². The van der Waals surface area contributed by atoms with Crippen molar-refractivity contribution in [2.75, 3.05) is 0 Å². The number of hydrogen-bond acceptors (Lipinski definition) is 2. The van der Waals surface area contributed by atoms with Crippen molar-refractivity contribution in [3.8, 4) is 0 Å². The average Bonchev–Trinajstić information content (AvgIpc) is 2.36. The standard InChI is InChI=1S/C9H14BNO/c1-3-4-9(12)5-8-6-11-7(2)10-8/h6,10H,3-5H2,1-2H3. The van der Waals surface area contributed by atoms with Crippen molar-refractivity contribution in [3.63, 3.8) is 0 Å². The Morgan fingerprint density at radius 1 is 1.67 bits per heavy atom. The van der Waals surface area contributed by atoms with Crippen LogP contribution in [-0.4, -0.2) is 18.7 Å². The fourth-order valence-corrected chi connectivity index (χ4v) is 1.35. The zero-order chi connectivity index (χ0) is 8.97. The van der Waals surface area contributed by atoms with Gasteiger partial charge in [0.05, 0.1) is 0 Å². The van der Waals surface area contributed by atoms with Gasteiger partial charge in [-0.15, -0.1) is 0 Å². The maximum absolute atomic E-state index is 11.2. The van der Waals surface area contributed by atoms with Gasteiger partial charge in [0.25, 0.3) is 0 Å². The quantitative estimate of drug-likeness (QED) is 0.576. The van der Waals surface area contributed by atoms with E-state index >= 15 is 0 Å². The number of Topliss-reactive ketones (excluding diaryl/α,β-unsaturated/α-hetero) is 1. The fraction of sp³-hybridized carbons (Fsp3) is 0.556. The molecule has 0 radical (unpaired) electrons. The summed E-state index contributed by atoms with van der Waals surface area (Å²) in [6.07, 6.45) is 4.10. The molecule has 0 atom stereocenters. The lowest BCUT2D eigenvalue weighted by Gasteiger charge is -1.97. The molecule has 0 aromatic carbocycles. The summed E-state index contributed by atoms with van der Waals surface area (Å²) in [6, 6.07) is 0. The first kappa shape index (κ1) is 9.23. The lowest BCUT2D eigenvalue weighted by Crippen LogP contribution is -2.07. The smallest absolute Gasteiger partial charge is 0.207 e. The van der Waals surface area contributed by atoms with Gasteiger partial charge < -0.3 is 0 Å². The van der Waals surface area contributed by atoms with Gasteiger partial charge in [-0.05, 0) is 19.0 Å². The van der Waals surface area contributed by atoms with Crippen molar-refractivity contribution in [1.82, 2.24) is 0 Å². The third kappa shape index (κ3) is 2.64. The van der Waals surface area contributed by atoms with E-state index < -0.39 is 0 Å². The molecule has 2 nitrogen and oxygen atoms in total. The zero-order valence-corrected chi connectivity index (χ0v) is 7.76. The van der Waals surface area contributed by atoms with Crippen LogP contribution in [0.1, 0.15) is 33.1 Å². The third-order valence-electron chi connectivity index (χ3n) is 1.90. The SMILES string of the molecule is CCCC(=O)CC1=CN=C(C)B1. The zero-order valence-electron chi connectivity index (χ0n) is 7.76. The highest BCUT2D eigenvalue weighted by atomic mass is 16.1. The van der Waals surface area contributed by atoms with E-state index in [1.807, 2.05) is 20.0 Å². The van der Waals surface area contributed by atoms with Crippen molar-refractivity contribution in [2.45, 2.75) is 33.1 Å². The number of carbonyl (C=O) groups is 1. The first-order valence-electron chi connectivity index (χ1n) is 4.45. The number of hydrogen-bond donors (Lipinski definition) is 0. The third-order valence-corrected chi connectivity index (χ3v) is 1.90. The van der Waals surface area contributed by atoms with Gasteiger partial charge in [0.1, 0.15) is 5.78 Å². The molecule has 0 aromatic heterocycles. The largest absolute Gasteiger partial charge is 0.299 e. The van der Waals surface area contributed by atoms with E-state index in [0.29, 0.717) is 18.6 Å². The Labute approximate surface area is 74.0 Å². The maximum Gasteiger partial charge on any atom is 0.207 e. The highest BCUT2D eigenvalue weighted by Gasteiger charge is 2.11. The first-order valence-corrected chi connectivity index (χ1v) is 4.45. The van der Waals surface area contributed by atoms with Crippen LogP contribution in [0.5, 0.6) is 0 Å². The van der Waals surface area contributed by atoms with Gasteiger partial charge in [-0.2, -0.15) is 0 Å². The van der Waals surface area contributed by atoms with E-state index in [0.717, 1.165) is 19.3 Å². The van der Waals surface area contributed by atoms with Crippen LogP contribution in [-0.2, 0) is 4.79 Å². The van der Waals surface area contributed by atoms with Gasteiger partial charge >= 0.3 is 0 Å². The van der Waals surface area contributed by atoms with Crippen molar-refractivity contribution >= 4 is 18.7 Å². The lowest BCUT2D eigenvalue weighted by molar-refractivity contribution is -0.118. The molecular formula is C9H14BNO. The van der Waals surface area contributed by atoms with E-state index in [-0.39, 0.29) is 0 Å². The predicted molar refractivity (Wildman–Crippen MR) is 52.9 cm³/mol. The highest BCUT2D eigenvalue weighted by molar-refractivity contribution is 6.81. The Kier molecular flexibility index (Phi) is 3.26. The topological polar surface area (TPSA) is 29.4 Å². The Morgan fingerprint density at radius 3 is 2.92 bits per heavy atom. The van der Waals surface area contributed by atoms with E-state index in [4.69, 9.17) is 0 Å². The van der Waals surface area contributed by atoms with Crippen molar-refractivity contribution in [1.29, 1.82) is 0 Å². The minimum Gasteiger partial charge on any atom is -0.299 e. The molecule has 0 N–H and O–H groups in total. The molecule has 64 valence electrons. The van der Waals surface area contributed by atoms with Gasteiger partial charge in [0.2, 0.25) is 7.28 Å². The Bertz CT molecular complexity index is 243. The summed E-state index contributed by atoms with van der Waals surface area (Å²) in [7, 11) is 0.898. The maximum atomic E-state index is 11.2. The minimum atomic E-state index is 0.341. The Hall–Kier alpha value is -0.855. The van der Waals surface area contributed by atoms with Crippen molar-refractivity contribution in [3.05, 3.63) is 11.7 Å². The number of aliphatic imine (C=N–C) groups is 1. The molecule has 3 heteroatoms. The van der Waals surface area contributed by atoms with E-state index in [9.17, 15) is 4.79 Å². The normalized spacial score (nSPS) is 15.2. The van der Waals surface area contributed by atoms with Gasteiger partial charge in [-0.3, -0.25) is 9.79 Å². The molecule has 1 aliphatic heterocycles. The second kappa shape index (κ2) is 4.24. The number of allylic oxidation sites excluding steroid dienone is 1. The molecule has 0 saturated heterocycles. The molecule has 0 spiro atoms. The van der Waals surface area contributed by atoms with Crippen LogP contribution in [0.15, 0.2) is 16.7 Å². The van der Waals surface area contributed by atoms with Crippen LogP contribution in [0.4, 0.5) is 0 Å². The Balaban J connectivity index is 2.30. The molecular weight excluding hydrogens is 149 g/mol. The van der Waals surface area contributed by atoms with Gasteiger partial charge in [-0.1, -0.05) is 12.4 Å². The number of ketones is 1. The highest BCUT2D eigenvalue weighted by Crippen LogP contribution is 2.09. The minimum absolute atomic E-state index is 0.341. The molecule has 0 aromatic rings. The summed E-state index contributed by atoms with van der Waals surface area (Å²) in [5, 5.41) is 0. The van der Waals surface area contributed by atoms with Crippen LogP contribution < -0.4 is 0 Å². The van der Waals surface area contributed by atoms with Crippen LogP contribution in [0.25, 0.3) is 0 Å². The van der Waals surface area contributed by atoms with Crippen molar-refractivity contribution in [2.24, 2.45) is 4.99 Å². The molecule has 0 unspecified atom stereocenters. The molecule has 12 heavy (non-hydrogen) atoms. The second-order valence-electron chi connectivity index (χ2n) is 3.29. The molecule has 0 aliphatic carbocycles.